The van der Waals surface area contributed by atoms with Gasteiger partial charge in [0.2, 0.25) is 0 Å². The summed E-state index contributed by atoms with van der Waals surface area (Å²) in [5.41, 5.74) is 3.63. The molecule has 0 bridgehead atoms. The number of nitrogens with zero attached hydrogens (tertiary/aromatic N) is 1. The second-order valence-corrected chi connectivity index (χ2v) is 6.11. The van der Waals surface area contributed by atoms with Crippen molar-refractivity contribution in [1.82, 2.24) is 9.88 Å². The average Bonchev–Trinajstić information content (AvgIpc) is 3.01. The molecule has 1 N–H and O–H groups in total. The van der Waals surface area contributed by atoms with E-state index < -0.39 is 6.10 Å². The summed E-state index contributed by atoms with van der Waals surface area (Å²) in [6.07, 6.45) is 1.87. The number of carbonyl (C=O) groups excluding carboxylic acids is 2. The summed E-state index contributed by atoms with van der Waals surface area (Å²) in [7, 11) is 1.37. The molecule has 1 aromatic carbocycles. The minimum Gasteiger partial charge on any atom is -0.465 e. The van der Waals surface area contributed by atoms with Crippen LogP contribution in [-0.2, 0) is 27.2 Å². The second-order valence-electron chi connectivity index (χ2n) is 6.11. The molecule has 2 aromatic rings. The largest absolute Gasteiger partial charge is 0.465 e. The molecule has 0 saturated heterocycles. The van der Waals surface area contributed by atoms with Gasteiger partial charge >= 0.3 is 5.97 Å². The molecule has 0 radical (unpaired) electrons. The number of H-pyrrole nitrogens is 1. The standard InChI is InChI=1S/C19H22N2O4/c1-4-9-25-12(2)18(22)21-8-7-17-15(11-21)14-10-13(19(23)24-3)5-6-16(14)20-17/h4-6,10,12,20H,1,7-9,11H2,2-3H3. The molecule has 3 rings (SSSR count). The summed E-state index contributed by atoms with van der Waals surface area (Å²) >= 11 is 0. The maximum Gasteiger partial charge on any atom is 0.337 e. The predicted octanol–water partition coefficient (Wildman–Crippen LogP) is 2.43. The molecule has 0 aliphatic carbocycles. The molecule has 0 spiro atoms. The van der Waals surface area contributed by atoms with Gasteiger partial charge in [0.15, 0.2) is 0 Å². The van der Waals surface area contributed by atoms with Crippen molar-refractivity contribution in [1.29, 1.82) is 0 Å². The van der Waals surface area contributed by atoms with Crippen molar-refractivity contribution < 1.29 is 19.1 Å². The van der Waals surface area contributed by atoms with Crippen LogP contribution in [0.3, 0.4) is 0 Å². The molecule has 1 atom stereocenters. The molecular weight excluding hydrogens is 320 g/mol. The first-order valence-electron chi connectivity index (χ1n) is 8.28. The van der Waals surface area contributed by atoms with E-state index >= 15 is 0 Å². The lowest BCUT2D eigenvalue weighted by atomic mass is 10.0. The Morgan fingerprint density at radius 2 is 2.24 bits per heavy atom. The zero-order chi connectivity index (χ0) is 18.0. The topological polar surface area (TPSA) is 71.6 Å². The van der Waals surface area contributed by atoms with Crippen LogP contribution in [-0.4, -0.2) is 48.1 Å². The Hall–Kier alpha value is -2.60. The van der Waals surface area contributed by atoms with Crippen LogP contribution in [0.25, 0.3) is 10.9 Å². The van der Waals surface area contributed by atoms with Crippen LogP contribution in [0.4, 0.5) is 0 Å². The molecule has 1 amide bonds. The third-order valence-corrected chi connectivity index (χ3v) is 4.52. The van der Waals surface area contributed by atoms with Crippen molar-refractivity contribution in [2.75, 3.05) is 20.3 Å². The second kappa shape index (κ2) is 7.11. The molecule has 1 aliphatic heterocycles. The number of hydrogen-bond acceptors (Lipinski definition) is 4. The van der Waals surface area contributed by atoms with E-state index in [2.05, 4.69) is 11.6 Å². The highest BCUT2D eigenvalue weighted by Gasteiger charge is 2.27. The highest BCUT2D eigenvalue weighted by atomic mass is 16.5. The van der Waals surface area contributed by atoms with Crippen LogP contribution in [0.1, 0.15) is 28.5 Å². The third-order valence-electron chi connectivity index (χ3n) is 4.52. The lowest BCUT2D eigenvalue weighted by Gasteiger charge is -2.29. The summed E-state index contributed by atoms with van der Waals surface area (Å²) in [6.45, 7) is 6.85. The fraction of sp³-hybridized carbons (Fsp3) is 0.368. The van der Waals surface area contributed by atoms with Crippen molar-refractivity contribution in [2.24, 2.45) is 0 Å². The van der Waals surface area contributed by atoms with Gasteiger partial charge in [-0.25, -0.2) is 4.79 Å². The molecule has 6 nitrogen and oxygen atoms in total. The fourth-order valence-corrected chi connectivity index (χ4v) is 3.19. The first kappa shape index (κ1) is 17.2. The highest BCUT2D eigenvalue weighted by molar-refractivity contribution is 5.96. The molecule has 132 valence electrons. The molecule has 6 heteroatoms. The number of nitrogens with one attached hydrogen (secondary N) is 1. The number of aromatic amines is 1. The average molecular weight is 342 g/mol. The first-order chi connectivity index (χ1) is 12.0. The summed E-state index contributed by atoms with van der Waals surface area (Å²) in [4.78, 5) is 29.6. The van der Waals surface area contributed by atoms with E-state index in [9.17, 15) is 9.59 Å². The lowest BCUT2D eigenvalue weighted by Crippen LogP contribution is -2.42. The number of fused-ring (bicyclic) bond motifs is 3. The van der Waals surface area contributed by atoms with Gasteiger partial charge in [-0.05, 0) is 25.1 Å². The smallest absolute Gasteiger partial charge is 0.337 e. The van der Waals surface area contributed by atoms with Crippen molar-refractivity contribution in [3.63, 3.8) is 0 Å². The van der Waals surface area contributed by atoms with Crippen LogP contribution >= 0.6 is 0 Å². The van der Waals surface area contributed by atoms with Gasteiger partial charge in [0, 0.05) is 41.7 Å². The summed E-state index contributed by atoms with van der Waals surface area (Å²) in [6, 6.07) is 5.44. The zero-order valence-electron chi connectivity index (χ0n) is 14.5. The van der Waals surface area contributed by atoms with E-state index in [1.807, 2.05) is 12.1 Å². The van der Waals surface area contributed by atoms with Gasteiger partial charge in [-0.3, -0.25) is 4.79 Å². The number of aromatic nitrogens is 1. The number of hydrogen-bond donors (Lipinski definition) is 1. The minimum absolute atomic E-state index is 0.0361. The Bertz CT molecular complexity index is 824. The minimum atomic E-state index is -0.504. The molecule has 25 heavy (non-hydrogen) atoms. The van der Waals surface area contributed by atoms with E-state index in [1.165, 1.54) is 7.11 Å². The van der Waals surface area contributed by atoms with Gasteiger partial charge in [0.05, 0.1) is 19.3 Å². The summed E-state index contributed by atoms with van der Waals surface area (Å²) in [5.74, 6) is -0.405. The molecule has 2 heterocycles. The van der Waals surface area contributed by atoms with E-state index in [0.717, 1.165) is 28.6 Å². The number of amides is 1. The highest BCUT2D eigenvalue weighted by Crippen LogP contribution is 2.29. The van der Waals surface area contributed by atoms with Gasteiger partial charge in [-0.1, -0.05) is 6.08 Å². The molecule has 0 fully saturated rings. The van der Waals surface area contributed by atoms with Crippen molar-refractivity contribution in [2.45, 2.75) is 26.0 Å². The van der Waals surface area contributed by atoms with E-state index in [4.69, 9.17) is 9.47 Å². The predicted molar refractivity (Wildman–Crippen MR) is 94.4 cm³/mol. The summed E-state index contributed by atoms with van der Waals surface area (Å²) in [5, 5.41) is 0.954. The Morgan fingerprint density at radius 3 is 2.96 bits per heavy atom. The summed E-state index contributed by atoms with van der Waals surface area (Å²) < 4.78 is 10.2. The quantitative estimate of drug-likeness (QED) is 0.669. The van der Waals surface area contributed by atoms with Crippen LogP contribution in [0.2, 0.25) is 0 Å². The first-order valence-corrected chi connectivity index (χ1v) is 8.28. The SMILES string of the molecule is C=CCOC(C)C(=O)N1CCc2[nH]c3ccc(C(=O)OC)cc3c2C1. The van der Waals surface area contributed by atoms with Crippen LogP contribution < -0.4 is 0 Å². The van der Waals surface area contributed by atoms with Gasteiger partial charge in [-0.2, -0.15) is 0 Å². The Balaban J connectivity index is 1.87. The van der Waals surface area contributed by atoms with E-state index in [1.54, 1.807) is 24.0 Å². The van der Waals surface area contributed by atoms with Crippen LogP contribution in [0.5, 0.6) is 0 Å². The maximum atomic E-state index is 12.6. The molecular formula is C19H22N2O4. The lowest BCUT2D eigenvalue weighted by molar-refractivity contribution is -0.142. The van der Waals surface area contributed by atoms with E-state index in [0.29, 0.717) is 25.3 Å². The Kier molecular flexibility index (Phi) is 4.90. The van der Waals surface area contributed by atoms with Crippen molar-refractivity contribution in [3.05, 3.63) is 47.7 Å². The number of ether oxygens (including phenoxy) is 2. The van der Waals surface area contributed by atoms with Gasteiger partial charge in [0.1, 0.15) is 6.10 Å². The number of carbonyl (C=O) groups is 2. The van der Waals surface area contributed by atoms with E-state index in [-0.39, 0.29) is 11.9 Å². The number of esters is 1. The van der Waals surface area contributed by atoms with Gasteiger partial charge in [0.25, 0.3) is 5.91 Å². The third kappa shape index (κ3) is 3.30. The number of benzene rings is 1. The van der Waals surface area contributed by atoms with Gasteiger partial charge in [-0.15, -0.1) is 6.58 Å². The van der Waals surface area contributed by atoms with Crippen molar-refractivity contribution >= 4 is 22.8 Å². The number of methoxy groups -OCH3 is 1. The molecule has 1 aromatic heterocycles. The molecule has 1 unspecified atom stereocenters. The van der Waals surface area contributed by atoms with Crippen molar-refractivity contribution in [3.8, 4) is 0 Å². The number of rotatable bonds is 5. The zero-order valence-corrected chi connectivity index (χ0v) is 14.5. The monoisotopic (exact) mass is 342 g/mol. The Morgan fingerprint density at radius 1 is 1.44 bits per heavy atom. The van der Waals surface area contributed by atoms with Gasteiger partial charge < -0.3 is 19.4 Å². The normalized spacial score (nSPS) is 14.9. The Labute approximate surface area is 146 Å². The molecule has 1 aliphatic rings. The molecule has 0 saturated carbocycles. The van der Waals surface area contributed by atoms with Crippen LogP contribution in [0.15, 0.2) is 30.9 Å². The van der Waals surface area contributed by atoms with Crippen LogP contribution in [0, 0.1) is 0 Å². The maximum absolute atomic E-state index is 12.6. The fourth-order valence-electron chi connectivity index (χ4n) is 3.19.